The summed E-state index contributed by atoms with van der Waals surface area (Å²) in [4.78, 5) is 39.9. The van der Waals surface area contributed by atoms with E-state index >= 15 is 0 Å². The van der Waals surface area contributed by atoms with Crippen LogP contribution < -0.4 is 20.4 Å². The molecule has 13 heteroatoms. The number of azide groups is 1. The van der Waals surface area contributed by atoms with Crippen LogP contribution in [-0.4, -0.2) is 84.3 Å². The Kier molecular flexibility index (Phi) is 8.47. The van der Waals surface area contributed by atoms with Gasteiger partial charge in [0.25, 0.3) is 11.8 Å². The Morgan fingerprint density at radius 3 is 2.76 bits per heavy atom. The molecule has 0 spiro atoms. The molecule has 2 N–H and O–H groups in total. The van der Waals surface area contributed by atoms with Gasteiger partial charge in [-0.2, -0.15) is 0 Å². The van der Waals surface area contributed by atoms with Crippen LogP contribution in [0, 0.1) is 0 Å². The molecule has 5 rings (SSSR count). The molecule has 2 saturated heterocycles. The average Bonchev–Trinajstić information content (AvgIpc) is 2.96. The van der Waals surface area contributed by atoms with Gasteiger partial charge in [-0.05, 0) is 48.7 Å². The summed E-state index contributed by atoms with van der Waals surface area (Å²) in [5.41, 5.74) is 11.1. The highest BCUT2D eigenvalue weighted by molar-refractivity contribution is 14.1. The maximum Gasteiger partial charge on any atom is 0.254 e. The van der Waals surface area contributed by atoms with Gasteiger partial charge < -0.3 is 25.2 Å². The van der Waals surface area contributed by atoms with E-state index in [1.54, 1.807) is 4.90 Å². The molecule has 1 atom stereocenters. The molecule has 3 aliphatic heterocycles. The van der Waals surface area contributed by atoms with Crippen LogP contribution in [0.15, 0.2) is 41.5 Å². The van der Waals surface area contributed by atoms with Crippen LogP contribution in [0.3, 0.4) is 0 Å². The molecule has 0 unspecified atom stereocenters. The van der Waals surface area contributed by atoms with Gasteiger partial charge in [0.1, 0.15) is 11.9 Å². The molecular formula is C25H30IN9O3. The molecule has 1 aromatic heterocycles. The van der Waals surface area contributed by atoms with Crippen molar-refractivity contribution < 1.29 is 14.3 Å². The van der Waals surface area contributed by atoms with E-state index in [1.807, 2.05) is 46.2 Å². The summed E-state index contributed by atoms with van der Waals surface area (Å²) in [7, 11) is 0. The van der Waals surface area contributed by atoms with Crippen LogP contribution in [-0.2, 0) is 9.53 Å². The van der Waals surface area contributed by atoms with E-state index in [-0.39, 0.29) is 24.4 Å². The summed E-state index contributed by atoms with van der Waals surface area (Å²) >= 11 is 2.16. The highest BCUT2D eigenvalue weighted by atomic mass is 127. The molecule has 0 bridgehead atoms. The molecule has 0 saturated carbocycles. The minimum atomic E-state index is -0.640. The van der Waals surface area contributed by atoms with Crippen molar-refractivity contribution in [2.75, 3.05) is 65.6 Å². The van der Waals surface area contributed by atoms with Crippen LogP contribution in [0.4, 0.5) is 23.0 Å². The Bertz CT molecular complexity index is 1230. The third kappa shape index (κ3) is 5.51. The standard InChI is InChI=1S/C25H30IN9O3/c26-16-34-20-4-5-22(30-18-3-1-2-17(14-18)24(36)33-10-8-28-9-11-33)31-23(20)35(19-6-12-38-13-7-19)21(25(34)37)15-29-32-27/h1-5,14,19,21,28H,6-13,15-16H2,(H,30,31)/t21-/m1/s1. The zero-order valence-electron chi connectivity index (χ0n) is 20.9. The quantitative estimate of drug-likeness (QED) is 0.120. The molecule has 3 aliphatic rings. The maximum atomic E-state index is 13.5. The van der Waals surface area contributed by atoms with Gasteiger partial charge in [-0.15, -0.1) is 0 Å². The van der Waals surface area contributed by atoms with Gasteiger partial charge in [-0.25, -0.2) is 4.98 Å². The first-order valence-electron chi connectivity index (χ1n) is 12.7. The normalized spacial score (nSPS) is 20.1. The maximum absolute atomic E-state index is 13.5. The monoisotopic (exact) mass is 631 g/mol. The second kappa shape index (κ2) is 12.2. The SMILES string of the molecule is [N-]=[N+]=NC[C@@H]1C(=O)N(CI)c2ccc(Nc3cccc(C(=O)N4CCNCC4)c3)nc2N1C1CCOCC1. The fourth-order valence-corrected chi connectivity index (χ4v) is 5.90. The third-order valence-corrected chi connectivity index (χ3v) is 7.77. The van der Waals surface area contributed by atoms with Crippen molar-refractivity contribution in [2.24, 2.45) is 5.11 Å². The van der Waals surface area contributed by atoms with Crippen molar-refractivity contribution in [1.29, 1.82) is 0 Å². The zero-order valence-corrected chi connectivity index (χ0v) is 23.1. The van der Waals surface area contributed by atoms with E-state index in [0.29, 0.717) is 48.1 Å². The van der Waals surface area contributed by atoms with Crippen molar-refractivity contribution in [3.63, 3.8) is 0 Å². The van der Waals surface area contributed by atoms with Gasteiger partial charge in [0.05, 0.1) is 16.8 Å². The Labute approximate surface area is 234 Å². The summed E-state index contributed by atoms with van der Waals surface area (Å²) in [6.45, 7) is 4.19. The molecule has 200 valence electrons. The largest absolute Gasteiger partial charge is 0.381 e. The van der Waals surface area contributed by atoms with Crippen LogP contribution in [0.1, 0.15) is 23.2 Å². The minimum Gasteiger partial charge on any atom is -0.381 e. The second-order valence-corrected chi connectivity index (χ2v) is 10.0. The molecule has 0 radical (unpaired) electrons. The number of rotatable bonds is 7. The number of nitrogens with one attached hydrogen (secondary N) is 2. The van der Waals surface area contributed by atoms with Gasteiger partial charge in [0, 0.05) is 61.6 Å². The number of halogens is 1. The highest BCUT2D eigenvalue weighted by Crippen LogP contribution is 2.39. The number of amides is 2. The summed E-state index contributed by atoms with van der Waals surface area (Å²) in [5.74, 6) is 1.17. The Balaban J connectivity index is 1.46. The number of pyridine rings is 1. The molecular weight excluding hydrogens is 601 g/mol. The van der Waals surface area contributed by atoms with E-state index in [1.165, 1.54) is 0 Å². The van der Waals surface area contributed by atoms with Gasteiger partial charge in [0.2, 0.25) is 0 Å². The van der Waals surface area contributed by atoms with Crippen molar-refractivity contribution in [3.05, 3.63) is 52.4 Å². The smallest absolute Gasteiger partial charge is 0.254 e. The van der Waals surface area contributed by atoms with Crippen molar-refractivity contribution >= 4 is 57.4 Å². The number of piperazine rings is 1. The van der Waals surface area contributed by atoms with Crippen molar-refractivity contribution in [3.8, 4) is 0 Å². The van der Waals surface area contributed by atoms with E-state index in [9.17, 15) is 9.59 Å². The molecule has 1 aromatic carbocycles. The first-order chi connectivity index (χ1) is 18.6. The van der Waals surface area contributed by atoms with Gasteiger partial charge >= 0.3 is 0 Å². The number of benzene rings is 1. The first kappa shape index (κ1) is 26.5. The Morgan fingerprint density at radius 1 is 1.24 bits per heavy atom. The van der Waals surface area contributed by atoms with Gasteiger partial charge in [0.15, 0.2) is 5.82 Å². The number of nitrogens with zero attached hydrogens (tertiary/aromatic N) is 7. The van der Waals surface area contributed by atoms with Crippen molar-refractivity contribution in [1.82, 2.24) is 15.2 Å². The predicted molar refractivity (Wildman–Crippen MR) is 153 cm³/mol. The van der Waals surface area contributed by atoms with Crippen LogP contribution in [0.5, 0.6) is 0 Å². The molecule has 2 amide bonds. The molecule has 12 nitrogen and oxygen atoms in total. The molecule has 4 heterocycles. The molecule has 0 aliphatic carbocycles. The first-order valence-corrected chi connectivity index (χ1v) is 14.3. The molecule has 38 heavy (non-hydrogen) atoms. The van der Waals surface area contributed by atoms with E-state index in [0.717, 1.165) is 37.3 Å². The van der Waals surface area contributed by atoms with E-state index < -0.39 is 6.04 Å². The second-order valence-electron chi connectivity index (χ2n) is 9.35. The molecule has 2 aromatic rings. The average molecular weight is 631 g/mol. The lowest BCUT2D eigenvalue weighted by Gasteiger charge is -2.46. The minimum absolute atomic E-state index is 0.0105. The van der Waals surface area contributed by atoms with Crippen LogP contribution in [0.25, 0.3) is 10.4 Å². The lowest BCUT2D eigenvalue weighted by Crippen LogP contribution is -2.59. The number of ether oxygens (including phenoxy) is 1. The Morgan fingerprint density at radius 2 is 2.03 bits per heavy atom. The third-order valence-electron chi connectivity index (χ3n) is 7.08. The number of hydrogen-bond donors (Lipinski definition) is 2. The van der Waals surface area contributed by atoms with Gasteiger partial charge in [-0.3, -0.25) is 14.5 Å². The highest BCUT2D eigenvalue weighted by Gasteiger charge is 2.42. The van der Waals surface area contributed by atoms with Crippen molar-refractivity contribution in [2.45, 2.75) is 24.9 Å². The number of carbonyl (C=O) groups is 2. The summed E-state index contributed by atoms with van der Waals surface area (Å²) in [6.07, 6.45) is 1.50. The lowest BCUT2D eigenvalue weighted by atomic mass is 10.0. The summed E-state index contributed by atoms with van der Waals surface area (Å²) in [5, 5.41) is 10.4. The number of anilines is 4. The predicted octanol–water partition coefficient (Wildman–Crippen LogP) is 3.27. The number of alkyl halides is 1. The number of carbonyl (C=O) groups excluding carboxylic acids is 2. The van der Waals surface area contributed by atoms with Crippen LogP contribution in [0.2, 0.25) is 0 Å². The molecule has 2 fully saturated rings. The number of fused-ring (bicyclic) bond motifs is 1. The van der Waals surface area contributed by atoms with E-state index in [4.69, 9.17) is 15.3 Å². The van der Waals surface area contributed by atoms with Crippen LogP contribution >= 0.6 is 22.6 Å². The zero-order chi connectivity index (χ0) is 26.5. The number of hydrogen-bond acceptors (Lipinski definition) is 8. The lowest BCUT2D eigenvalue weighted by molar-refractivity contribution is -0.120. The fraction of sp³-hybridized carbons (Fsp3) is 0.480. The summed E-state index contributed by atoms with van der Waals surface area (Å²) in [6, 6.07) is 10.6. The Hall–Kier alpha value is -3.13. The topological polar surface area (TPSA) is 139 Å². The van der Waals surface area contributed by atoms with Gasteiger partial charge in [-0.1, -0.05) is 33.8 Å². The fourth-order valence-electron chi connectivity index (χ4n) is 5.20. The number of aromatic nitrogens is 1. The van der Waals surface area contributed by atoms with E-state index in [2.05, 4.69) is 43.3 Å². The summed E-state index contributed by atoms with van der Waals surface area (Å²) < 4.78 is 6.02.